The minimum Gasteiger partial charge on any atom is -0.453 e. The van der Waals surface area contributed by atoms with Crippen molar-refractivity contribution in [3.05, 3.63) is 30.3 Å². The van der Waals surface area contributed by atoms with Gasteiger partial charge in [-0.1, -0.05) is 18.2 Å². The Bertz CT molecular complexity index is 868. The molecule has 1 aromatic carbocycles. The number of hydrogen-bond acceptors (Lipinski definition) is 7. The molecule has 0 spiro atoms. The minimum atomic E-state index is -0.631. The van der Waals surface area contributed by atoms with Crippen molar-refractivity contribution in [2.24, 2.45) is 11.8 Å². The number of likely N-dealkylation sites (tertiary alicyclic amines) is 1. The average Bonchev–Trinajstić information content (AvgIpc) is 2.92. The van der Waals surface area contributed by atoms with E-state index in [0.29, 0.717) is 58.3 Å². The highest BCUT2D eigenvalue weighted by Gasteiger charge is 2.42. The number of ether oxygens (including phenoxy) is 2. The number of carbonyl (C=O) groups is 3. The second-order valence-corrected chi connectivity index (χ2v) is 9.56. The summed E-state index contributed by atoms with van der Waals surface area (Å²) in [4.78, 5) is 43.4. The SMILES string of the molecule is COC(=O)N1CCC(O[C@@H]2CC[C@H](C(=O)N3CCN(c4ccccc4)CC3)[C@@H](C(=O)NO)C2)CC1. The van der Waals surface area contributed by atoms with E-state index in [1.165, 1.54) is 7.11 Å². The summed E-state index contributed by atoms with van der Waals surface area (Å²) in [5.74, 6) is -1.64. The van der Waals surface area contributed by atoms with Crippen LogP contribution < -0.4 is 10.4 Å². The van der Waals surface area contributed by atoms with Crippen molar-refractivity contribution in [2.75, 3.05) is 51.3 Å². The first-order chi connectivity index (χ1) is 17.0. The number of rotatable bonds is 5. The fraction of sp³-hybridized carbons (Fsp3) is 0.640. The number of para-hydroxylation sites is 1. The topological polar surface area (TPSA) is 112 Å². The van der Waals surface area contributed by atoms with Crippen molar-refractivity contribution >= 4 is 23.6 Å². The molecule has 192 valence electrons. The second-order valence-electron chi connectivity index (χ2n) is 9.56. The van der Waals surface area contributed by atoms with Crippen molar-refractivity contribution < 1.29 is 29.1 Å². The van der Waals surface area contributed by atoms with Crippen molar-refractivity contribution in [1.82, 2.24) is 15.3 Å². The molecule has 35 heavy (non-hydrogen) atoms. The van der Waals surface area contributed by atoms with Gasteiger partial charge in [-0.2, -0.15) is 0 Å². The average molecular weight is 489 g/mol. The van der Waals surface area contributed by atoms with Gasteiger partial charge in [-0.15, -0.1) is 0 Å². The van der Waals surface area contributed by atoms with Crippen molar-refractivity contribution in [3.63, 3.8) is 0 Å². The molecule has 3 atom stereocenters. The number of amides is 3. The third kappa shape index (κ3) is 6.05. The maximum Gasteiger partial charge on any atom is 0.409 e. The van der Waals surface area contributed by atoms with E-state index in [2.05, 4.69) is 17.0 Å². The number of piperazine rings is 1. The molecule has 1 aromatic rings. The molecule has 3 aliphatic rings. The summed E-state index contributed by atoms with van der Waals surface area (Å²) in [5, 5.41) is 9.35. The molecule has 0 radical (unpaired) electrons. The van der Waals surface area contributed by atoms with Gasteiger partial charge in [-0.3, -0.25) is 14.8 Å². The fourth-order valence-electron chi connectivity index (χ4n) is 5.56. The van der Waals surface area contributed by atoms with Gasteiger partial charge in [-0.05, 0) is 44.2 Å². The van der Waals surface area contributed by atoms with Crippen LogP contribution in [0, 0.1) is 11.8 Å². The van der Waals surface area contributed by atoms with E-state index in [1.807, 2.05) is 23.1 Å². The maximum atomic E-state index is 13.4. The van der Waals surface area contributed by atoms with Crippen LogP contribution in [0.4, 0.5) is 10.5 Å². The van der Waals surface area contributed by atoms with E-state index in [9.17, 15) is 19.6 Å². The summed E-state index contributed by atoms with van der Waals surface area (Å²) < 4.78 is 11.1. The Balaban J connectivity index is 1.31. The van der Waals surface area contributed by atoms with E-state index in [-0.39, 0.29) is 24.2 Å². The summed E-state index contributed by atoms with van der Waals surface area (Å²) in [6.07, 6.45) is 2.54. The molecule has 3 fully saturated rings. The summed E-state index contributed by atoms with van der Waals surface area (Å²) >= 11 is 0. The molecule has 2 heterocycles. The van der Waals surface area contributed by atoms with Crippen LogP contribution in [0.15, 0.2) is 30.3 Å². The lowest BCUT2D eigenvalue weighted by Crippen LogP contribution is -2.53. The zero-order valence-corrected chi connectivity index (χ0v) is 20.3. The lowest BCUT2D eigenvalue weighted by atomic mass is 9.76. The number of hydrogen-bond donors (Lipinski definition) is 2. The fourth-order valence-corrected chi connectivity index (χ4v) is 5.56. The Hall–Kier alpha value is -2.85. The second kappa shape index (κ2) is 11.7. The van der Waals surface area contributed by atoms with Crippen molar-refractivity contribution in [1.29, 1.82) is 0 Å². The molecular weight excluding hydrogens is 452 g/mol. The van der Waals surface area contributed by atoms with Crippen LogP contribution in [0.25, 0.3) is 0 Å². The van der Waals surface area contributed by atoms with Crippen molar-refractivity contribution in [2.45, 2.75) is 44.3 Å². The van der Waals surface area contributed by atoms with E-state index in [1.54, 1.807) is 10.4 Å². The van der Waals surface area contributed by atoms with E-state index in [0.717, 1.165) is 18.8 Å². The molecule has 10 nitrogen and oxygen atoms in total. The van der Waals surface area contributed by atoms with Crippen LogP contribution in [-0.2, 0) is 19.1 Å². The Labute approximate surface area is 206 Å². The van der Waals surface area contributed by atoms with Gasteiger partial charge < -0.3 is 24.2 Å². The molecular formula is C25H36N4O6. The Morgan fingerprint density at radius 1 is 0.857 bits per heavy atom. The highest BCUT2D eigenvalue weighted by molar-refractivity contribution is 5.87. The van der Waals surface area contributed by atoms with Gasteiger partial charge in [0.25, 0.3) is 0 Å². The summed E-state index contributed by atoms with van der Waals surface area (Å²) in [6, 6.07) is 10.1. The molecule has 4 rings (SSSR count). The smallest absolute Gasteiger partial charge is 0.409 e. The number of piperidine rings is 1. The number of hydroxylamine groups is 1. The van der Waals surface area contributed by atoms with Gasteiger partial charge in [0, 0.05) is 50.9 Å². The summed E-state index contributed by atoms with van der Waals surface area (Å²) in [5.41, 5.74) is 2.91. The first kappa shape index (κ1) is 25.2. The molecule has 2 aliphatic heterocycles. The van der Waals surface area contributed by atoms with Crippen LogP contribution in [0.1, 0.15) is 32.1 Å². The molecule has 0 unspecified atom stereocenters. The molecule has 1 saturated carbocycles. The molecule has 10 heteroatoms. The Kier molecular flexibility index (Phi) is 8.46. The number of nitrogens with one attached hydrogen (secondary N) is 1. The van der Waals surface area contributed by atoms with Gasteiger partial charge in [0.05, 0.1) is 25.2 Å². The van der Waals surface area contributed by atoms with E-state index < -0.39 is 17.7 Å². The highest BCUT2D eigenvalue weighted by atomic mass is 16.5. The number of benzene rings is 1. The predicted molar refractivity (Wildman–Crippen MR) is 128 cm³/mol. The normalized spacial score (nSPS) is 25.8. The van der Waals surface area contributed by atoms with Crippen LogP contribution in [0.2, 0.25) is 0 Å². The van der Waals surface area contributed by atoms with E-state index in [4.69, 9.17) is 9.47 Å². The first-order valence-corrected chi connectivity index (χ1v) is 12.5. The van der Waals surface area contributed by atoms with Gasteiger partial charge >= 0.3 is 6.09 Å². The highest BCUT2D eigenvalue weighted by Crippen LogP contribution is 2.35. The minimum absolute atomic E-state index is 0.00272. The van der Waals surface area contributed by atoms with Crippen LogP contribution in [-0.4, -0.2) is 91.5 Å². The quantitative estimate of drug-likeness (QED) is 0.481. The van der Waals surface area contributed by atoms with Crippen LogP contribution >= 0.6 is 0 Å². The molecule has 0 aromatic heterocycles. The van der Waals surface area contributed by atoms with Gasteiger partial charge in [0.2, 0.25) is 11.8 Å². The van der Waals surface area contributed by atoms with Gasteiger partial charge in [0.15, 0.2) is 0 Å². The first-order valence-electron chi connectivity index (χ1n) is 12.5. The zero-order valence-electron chi connectivity index (χ0n) is 20.3. The number of carbonyl (C=O) groups excluding carboxylic acids is 3. The maximum absolute atomic E-state index is 13.4. The van der Waals surface area contributed by atoms with Crippen molar-refractivity contribution in [3.8, 4) is 0 Å². The molecule has 2 N–H and O–H groups in total. The summed E-state index contributed by atoms with van der Waals surface area (Å²) in [6.45, 7) is 3.85. The lowest BCUT2D eigenvalue weighted by molar-refractivity contribution is -0.152. The lowest BCUT2D eigenvalue weighted by Gasteiger charge is -2.41. The molecule has 3 amide bonds. The molecule has 0 bridgehead atoms. The number of anilines is 1. The largest absolute Gasteiger partial charge is 0.453 e. The van der Waals surface area contributed by atoms with Crippen LogP contribution in [0.5, 0.6) is 0 Å². The Morgan fingerprint density at radius 2 is 1.54 bits per heavy atom. The Morgan fingerprint density at radius 3 is 2.17 bits per heavy atom. The predicted octanol–water partition coefficient (Wildman–Crippen LogP) is 1.87. The van der Waals surface area contributed by atoms with Crippen LogP contribution in [0.3, 0.4) is 0 Å². The standard InChI is InChI=1S/C25H36N4O6/c1-34-25(32)29-11-9-19(10-12-29)35-20-7-8-21(22(17-20)23(30)26-33)24(31)28-15-13-27(14-16-28)18-5-3-2-4-6-18/h2-6,19-22,33H,7-17H2,1H3,(H,26,30)/t20-,21+,22+/m1/s1. The summed E-state index contributed by atoms with van der Waals surface area (Å²) in [7, 11) is 1.38. The third-order valence-electron chi connectivity index (χ3n) is 7.54. The number of nitrogens with zero attached hydrogens (tertiary/aromatic N) is 3. The zero-order chi connectivity index (χ0) is 24.8. The van der Waals surface area contributed by atoms with Gasteiger partial charge in [-0.25, -0.2) is 10.3 Å². The molecule has 1 aliphatic carbocycles. The van der Waals surface area contributed by atoms with E-state index >= 15 is 0 Å². The monoisotopic (exact) mass is 488 g/mol. The number of methoxy groups -OCH3 is 1. The van der Waals surface area contributed by atoms with Gasteiger partial charge in [0.1, 0.15) is 0 Å². The molecule has 2 saturated heterocycles. The third-order valence-corrected chi connectivity index (χ3v) is 7.54.